The molecule has 0 radical (unpaired) electrons. The fraction of sp³-hybridized carbons (Fsp3) is 0.409. The van der Waals surface area contributed by atoms with E-state index in [-0.39, 0.29) is 30.6 Å². The van der Waals surface area contributed by atoms with E-state index in [0.29, 0.717) is 11.3 Å². The molecule has 1 aromatic carbocycles. The van der Waals surface area contributed by atoms with Crippen molar-refractivity contribution in [3.8, 4) is 0 Å². The van der Waals surface area contributed by atoms with Crippen LogP contribution < -0.4 is 10.0 Å². The van der Waals surface area contributed by atoms with E-state index in [1.54, 1.807) is 26.0 Å². The van der Waals surface area contributed by atoms with Gasteiger partial charge in [0.25, 0.3) is 0 Å². The molecule has 2 aromatic rings. The summed E-state index contributed by atoms with van der Waals surface area (Å²) in [5.74, 6) is -1.54. The summed E-state index contributed by atoms with van der Waals surface area (Å²) in [5, 5.41) is 2.69. The third kappa shape index (κ3) is 8.89. The van der Waals surface area contributed by atoms with Gasteiger partial charge in [0.15, 0.2) is 6.61 Å². The summed E-state index contributed by atoms with van der Waals surface area (Å²) >= 11 is 1.22. The number of rotatable bonds is 12. The molecule has 0 fully saturated rings. The highest BCUT2D eigenvalue weighted by molar-refractivity contribution is 7.88. The molecule has 0 unspecified atom stereocenters. The van der Waals surface area contributed by atoms with Crippen molar-refractivity contribution in [3.05, 3.63) is 57.8 Å². The van der Waals surface area contributed by atoms with Crippen LogP contribution in [-0.2, 0) is 37.2 Å². The van der Waals surface area contributed by atoms with Gasteiger partial charge in [-0.05, 0) is 30.0 Å². The van der Waals surface area contributed by atoms with E-state index in [2.05, 4.69) is 10.0 Å². The molecule has 1 amide bonds. The molecule has 0 saturated heterocycles. The van der Waals surface area contributed by atoms with E-state index in [1.807, 2.05) is 30.3 Å². The first-order chi connectivity index (χ1) is 15.0. The molecule has 32 heavy (non-hydrogen) atoms. The second-order valence-corrected chi connectivity index (χ2v) is 10.7. The molecule has 174 valence electrons. The first-order valence-corrected chi connectivity index (χ1v) is 12.8. The Balaban J connectivity index is 1.86. The molecule has 2 rings (SSSR count). The minimum Gasteiger partial charge on any atom is -0.456 e. The van der Waals surface area contributed by atoms with Crippen LogP contribution in [0.25, 0.3) is 0 Å². The zero-order chi connectivity index (χ0) is 23.7. The molecule has 0 spiro atoms. The first-order valence-electron chi connectivity index (χ1n) is 10.1. The second-order valence-electron chi connectivity index (χ2n) is 7.66. The molecule has 2 N–H and O–H groups in total. The van der Waals surface area contributed by atoms with Crippen molar-refractivity contribution in [2.45, 2.75) is 32.7 Å². The Morgan fingerprint density at radius 3 is 2.38 bits per heavy atom. The number of sulfonamides is 1. The summed E-state index contributed by atoms with van der Waals surface area (Å²) in [5.41, 5.74) is 0.830. The van der Waals surface area contributed by atoms with Crippen molar-refractivity contribution >= 4 is 39.0 Å². The van der Waals surface area contributed by atoms with Crippen LogP contribution in [-0.4, -0.2) is 51.5 Å². The average molecular weight is 481 g/mol. The number of hydrogen-bond donors (Lipinski definition) is 2. The lowest BCUT2D eigenvalue weighted by atomic mass is 10.0. The van der Waals surface area contributed by atoms with Gasteiger partial charge in [-0.25, -0.2) is 17.9 Å². The summed E-state index contributed by atoms with van der Waals surface area (Å²) < 4.78 is 29.8. The minimum absolute atomic E-state index is 0.141. The Morgan fingerprint density at radius 2 is 1.75 bits per heavy atom. The number of hydrogen-bond acceptors (Lipinski definition) is 7. The summed E-state index contributed by atoms with van der Waals surface area (Å²) in [6.45, 7) is 3.37. The summed E-state index contributed by atoms with van der Waals surface area (Å²) in [7, 11) is -3.26. The SMILES string of the molecule is CC(C)[C@H](NC(=O)Cc1ccccc1)C(=O)OCC(=O)c1ccc(CCNS(C)(=O)=O)s1. The van der Waals surface area contributed by atoms with Gasteiger partial charge in [0.05, 0.1) is 17.6 Å². The molecular formula is C22H28N2O6S2. The lowest BCUT2D eigenvalue weighted by Gasteiger charge is -2.20. The van der Waals surface area contributed by atoms with Crippen molar-refractivity contribution in [3.63, 3.8) is 0 Å². The molecule has 0 saturated carbocycles. The highest BCUT2D eigenvalue weighted by Gasteiger charge is 2.26. The second kappa shape index (κ2) is 11.9. The molecule has 1 aromatic heterocycles. The van der Waals surface area contributed by atoms with Crippen LogP contribution in [0.2, 0.25) is 0 Å². The summed E-state index contributed by atoms with van der Waals surface area (Å²) in [4.78, 5) is 38.5. The predicted octanol–water partition coefficient (Wildman–Crippen LogP) is 1.95. The Labute approximate surface area is 192 Å². The number of esters is 1. The van der Waals surface area contributed by atoms with Crippen LogP contribution in [0.3, 0.4) is 0 Å². The average Bonchev–Trinajstić information content (AvgIpc) is 3.18. The van der Waals surface area contributed by atoms with Gasteiger partial charge in [-0.1, -0.05) is 44.2 Å². The summed E-state index contributed by atoms with van der Waals surface area (Å²) in [6.07, 6.45) is 1.68. The van der Waals surface area contributed by atoms with Crippen molar-refractivity contribution in [2.75, 3.05) is 19.4 Å². The Bertz CT molecular complexity index is 1030. The van der Waals surface area contributed by atoms with Crippen LogP contribution in [0.5, 0.6) is 0 Å². The van der Waals surface area contributed by atoms with E-state index in [0.717, 1.165) is 16.7 Å². The van der Waals surface area contributed by atoms with Gasteiger partial charge < -0.3 is 10.1 Å². The standard InChI is InChI=1S/C22H28N2O6S2/c1-15(2)21(24-20(26)13-16-7-5-4-6-8-16)22(27)30-14-18(25)19-10-9-17(31-19)11-12-23-32(3,28)29/h4-10,15,21,23H,11-14H2,1-3H3,(H,24,26)/t21-/m0/s1. The number of ether oxygens (including phenoxy) is 1. The Hall–Kier alpha value is -2.56. The fourth-order valence-corrected chi connectivity index (χ4v) is 4.23. The zero-order valence-corrected chi connectivity index (χ0v) is 19.9. The van der Waals surface area contributed by atoms with Crippen LogP contribution in [0.15, 0.2) is 42.5 Å². The fourth-order valence-electron chi connectivity index (χ4n) is 2.82. The molecule has 0 aliphatic rings. The van der Waals surface area contributed by atoms with Crippen molar-refractivity contribution < 1.29 is 27.5 Å². The number of Topliss-reactive ketones (excluding diaryl/α,β-unsaturated/α-hetero) is 1. The maximum Gasteiger partial charge on any atom is 0.329 e. The van der Waals surface area contributed by atoms with Gasteiger partial charge in [-0.15, -0.1) is 11.3 Å². The Morgan fingerprint density at radius 1 is 1.06 bits per heavy atom. The largest absolute Gasteiger partial charge is 0.456 e. The van der Waals surface area contributed by atoms with E-state index >= 15 is 0 Å². The molecule has 0 bridgehead atoms. The molecule has 0 aliphatic carbocycles. The number of nitrogens with one attached hydrogen (secondary N) is 2. The number of benzene rings is 1. The van der Waals surface area contributed by atoms with Gasteiger partial charge in [0.2, 0.25) is 21.7 Å². The predicted molar refractivity (Wildman–Crippen MR) is 123 cm³/mol. The summed E-state index contributed by atoms with van der Waals surface area (Å²) in [6, 6.07) is 11.7. The molecule has 1 heterocycles. The zero-order valence-electron chi connectivity index (χ0n) is 18.3. The highest BCUT2D eigenvalue weighted by atomic mass is 32.2. The van der Waals surface area contributed by atoms with E-state index < -0.39 is 28.6 Å². The van der Waals surface area contributed by atoms with Gasteiger partial charge in [-0.2, -0.15) is 0 Å². The number of thiophene rings is 1. The van der Waals surface area contributed by atoms with Gasteiger partial charge >= 0.3 is 5.97 Å². The van der Waals surface area contributed by atoms with Gasteiger partial charge in [0, 0.05) is 11.4 Å². The first kappa shape index (κ1) is 25.7. The number of ketones is 1. The maximum atomic E-state index is 12.5. The van der Waals surface area contributed by atoms with E-state index in [1.165, 1.54) is 11.3 Å². The number of carbonyl (C=O) groups is 3. The highest BCUT2D eigenvalue weighted by Crippen LogP contribution is 2.18. The quantitative estimate of drug-likeness (QED) is 0.354. The van der Waals surface area contributed by atoms with Gasteiger partial charge in [-0.3, -0.25) is 9.59 Å². The monoisotopic (exact) mass is 480 g/mol. The number of amides is 1. The topological polar surface area (TPSA) is 119 Å². The van der Waals surface area contributed by atoms with Crippen molar-refractivity contribution in [1.29, 1.82) is 0 Å². The molecule has 0 aliphatic heterocycles. The lowest BCUT2D eigenvalue weighted by Crippen LogP contribution is -2.46. The van der Waals surface area contributed by atoms with Crippen LogP contribution >= 0.6 is 11.3 Å². The minimum atomic E-state index is -3.26. The normalized spacial score (nSPS) is 12.4. The van der Waals surface area contributed by atoms with Crippen molar-refractivity contribution in [2.24, 2.45) is 5.92 Å². The number of carbonyl (C=O) groups excluding carboxylic acids is 3. The molecule has 8 nitrogen and oxygen atoms in total. The van der Waals surface area contributed by atoms with E-state index in [9.17, 15) is 22.8 Å². The lowest BCUT2D eigenvalue weighted by molar-refractivity contribution is -0.148. The van der Waals surface area contributed by atoms with Crippen LogP contribution in [0.4, 0.5) is 0 Å². The van der Waals surface area contributed by atoms with Crippen LogP contribution in [0, 0.1) is 5.92 Å². The maximum absolute atomic E-state index is 12.5. The van der Waals surface area contributed by atoms with Crippen molar-refractivity contribution in [1.82, 2.24) is 10.0 Å². The molecule has 10 heteroatoms. The third-order valence-corrected chi connectivity index (χ3v) is 6.38. The van der Waals surface area contributed by atoms with E-state index in [4.69, 9.17) is 4.74 Å². The molecule has 1 atom stereocenters. The van der Waals surface area contributed by atoms with Gasteiger partial charge in [0.1, 0.15) is 6.04 Å². The Kier molecular flexibility index (Phi) is 9.55. The smallest absolute Gasteiger partial charge is 0.329 e. The molecular weight excluding hydrogens is 452 g/mol. The van der Waals surface area contributed by atoms with Crippen LogP contribution in [0.1, 0.15) is 34.0 Å². The third-order valence-electron chi connectivity index (χ3n) is 4.46.